The van der Waals surface area contributed by atoms with Crippen LogP contribution in [0.1, 0.15) is 32.6 Å². The average Bonchev–Trinajstić information content (AvgIpc) is 2.03. The smallest absolute Gasteiger partial charge is 0.243 e. The highest BCUT2D eigenvalue weighted by molar-refractivity contribution is 5.74. The minimum atomic E-state index is -0.367. The number of hydrogen-bond donors (Lipinski definition) is 1. The number of amides is 1. The molecule has 1 fully saturated rings. The van der Waals surface area contributed by atoms with E-state index in [9.17, 15) is 4.79 Å². The van der Waals surface area contributed by atoms with Gasteiger partial charge in [0.2, 0.25) is 5.91 Å². The summed E-state index contributed by atoms with van der Waals surface area (Å²) < 4.78 is 5.32. The fraction of sp³-hybridized carbons (Fsp3) is 0.889. The molecule has 3 heteroatoms. The summed E-state index contributed by atoms with van der Waals surface area (Å²) in [4.78, 5) is 10.4. The van der Waals surface area contributed by atoms with E-state index in [1.807, 2.05) is 0 Å². The van der Waals surface area contributed by atoms with E-state index in [0.29, 0.717) is 0 Å². The maximum absolute atomic E-state index is 10.4. The number of hydrogen-bond acceptors (Lipinski definition) is 2. The summed E-state index contributed by atoms with van der Waals surface area (Å²) in [6.45, 7) is 2.34. The van der Waals surface area contributed by atoms with Crippen molar-refractivity contribution in [3.05, 3.63) is 0 Å². The summed E-state index contributed by atoms with van der Waals surface area (Å²) in [5.41, 5.74) is 4.97. The molecule has 70 valence electrons. The van der Waals surface area contributed by atoms with E-state index in [1.54, 1.807) is 0 Å². The Morgan fingerprint density at radius 2 is 2.00 bits per heavy atom. The van der Waals surface area contributed by atoms with Gasteiger partial charge in [-0.1, -0.05) is 6.92 Å². The van der Waals surface area contributed by atoms with Crippen LogP contribution in [0.25, 0.3) is 0 Å². The van der Waals surface area contributed by atoms with Gasteiger partial charge >= 0.3 is 0 Å². The highest BCUT2D eigenvalue weighted by Crippen LogP contribution is 2.25. The number of carbonyl (C=O) groups is 1. The molecule has 0 unspecified atom stereocenters. The van der Waals surface area contributed by atoms with Crippen molar-refractivity contribution >= 4 is 5.91 Å². The summed E-state index contributed by atoms with van der Waals surface area (Å²) in [5, 5.41) is 0. The zero-order chi connectivity index (χ0) is 8.97. The number of primary amides is 1. The molecule has 0 saturated heterocycles. The van der Waals surface area contributed by atoms with Gasteiger partial charge in [0.05, 0.1) is 6.10 Å². The van der Waals surface area contributed by atoms with Gasteiger partial charge < -0.3 is 10.5 Å². The van der Waals surface area contributed by atoms with Gasteiger partial charge in [0.1, 0.15) is 6.61 Å². The van der Waals surface area contributed by atoms with Crippen LogP contribution >= 0.6 is 0 Å². The first-order chi connectivity index (χ1) is 5.68. The summed E-state index contributed by atoms with van der Waals surface area (Å²) in [6.07, 6.45) is 4.85. The van der Waals surface area contributed by atoms with Gasteiger partial charge in [0, 0.05) is 0 Å². The lowest BCUT2D eigenvalue weighted by molar-refractivity contribution is -0.125. The standard InChI is InChI=1S/C9H17NO2/c1-7-2-4-8(5-3-7)12-6-9(10)11/h7-8H,2-6H2,1H3,(H2,10,11). The SMILES string of the molecule is CC1CCC(OCC(N)=O)CC1. The van der Waals surface area contributed by atoms with E-state index in [4.69, 9.17) is 10.5 Å². The molecule has 0 aliphatic heterocycles. The zero-order valence-corrected chi connectivity index (χ0v) is 7.58. The number of carbonyl (C=O) groups excluding carboxylic acids is 1. The van der Waals surface area contributed by atoms with Crippen LogP contribution in [0, 0.1) is 5.92 Å². The van der Waals surface area contributed by atoms with Crippen molar-refractivity contribution in [2.75, 3.05) is 6.61 Å². The first-order valence-corrected chi connectivity index (χ1v) is 4.58. The highest BCUT2D eigenvalue weighted by atomic mass is 16.5. The van der Waals surface area contributed by atoms with Gasteiger partial charge in [-0.05, 0) is 31.6 Å². The van der Waals surface area contributed by atoms with Gasteiger partial charge in [-0.25, -0.2) is 0 Å². The third-order valence-electron chi connectivity index (χ3n) is 2.42. The van der Waals surface area contributed by atoms with Crippen LogP contribution in [0.15, 0.2) is 0 Å². The van der Waals surface area contributed by atoms with Crippen LogP contribution in [0.5, 0.6) is 0 Å². The van der Waals surface area contributed by atoms with Gasteiger partial charge in [-0.3, -0.25) is 4.79 Å². The second kappa shape index (κ2) is 4.45. The summed E-state index contributed by atoms with van der Waals surface area (Å²) in [7, 11) is 0. The van der Waals surface area contributed by atoms with Gasteiger partial charge in [0.25, 0.3) is 0 Å². The predicted molar refractivity (Wildman–Crippen MR) is 46.6 cm³/mol. The fourth-order valence-electron chi connectivity index (χ4n) is 1.60. The van der Waals surface area contributed by atoms with E-state index in [2.05, 4.69) is 6.92 Å². The number of ether oxygens (including phenoxy) is 1. The van der Waals surface area contributed by atoms with E-state index in [0.717, 1.165) is 18.8 Å². The molecule has 0 heterocycles. The Balaban J connectivity index is 2.13. The first-order valence-electron chi connectivity index (χ1n) is 4.58. The third kappa shape index (κ3) is 3.22. The van der Waals surface area contributed by atoms with E-state index in [-0.39, 0.29) is 18.6 Å². The first kappa shape index (κ1) is 9.52. The average molecular weight is 171 g/mol. The normalized spacial score (nSPS) is 30.1. The second-order valence-corrected chi connectivity index (χ2v) is 3.66. The fourth-order valence-corrected chi connectivity index (χ4v) is 1.60. The molecule has 0 aromatic carbocycles. The minimum Gasteiger partial charge on any atom is -0.368 e. The molecular formula is C9H17NO2. The van der Waals surface area contributed by atoms with Crippen molar-refractivity contribution in [1.82, 2.24) is 0 Å². The molecule has 0 radical (unpaired) electrons. The summed E-state index contributed by atoms with van der Waals surface area (Å²) in [6, 6.07) is 0. The van der Waals surface area contributed by atoms with Crippen molar-refractivity contribution in [1.29, 1.82) is 0 Å². The molecule has 12 heavy (non-hydrogen) atoms. The van der Waals surface area contributed by atoms with Crippen LogP contribution in [0.4, 0.5) is 0 Å². The van der Waals surface area contributed by atoms with Crippen molar-refractivity contribution in [2.24, 2.45) is 11.7 Å². The molecule has 0 aromatic rings. The minimum absolute atomic E-state index is 0.0824. The maximum Gasteiger partial charge on any atom is 0.243 e. The molecule has 1 rings (SSSR count). The van der Waals surface area contributed by atoms with Crippen LogP contribution in [-0.2, 0) is 9.53 Å². The van der Waals surface area contributed by atoms with Crippen molar-refractivity contribution in [2.45, 2.75) is 38.7 Å². The Bertz CT molecular complexity index is 151. The Hall–Kier alpha value is -0.570. The molecule has 0 spiro atoms. The number of rotatable bonds is 3. The third-order valence-corrected chi connectivity index (χ3v) is 2.42. The van der Waals surface area contributed by atoms with E-state index in [1.165, 1.54) is 12.8 Å². The second-order valence-electron chi connectivity index (χ2n) is 3.66. The highest BCUT2D eigenvalue weighted by Gasteiger charge is 2.18. The number of nitrogens with two attached hydrogens (primary N) is 1. The predicted octanol–water partition coefficient (Wildman–Crippen LogP) is 1.07. The van der Waals surface area contributed by atoms with Crippen LogP contribution in [0.2, 0.25) is 0 Å². The topological polar surface area (TPSA) is 52.3 Å². The zero-order valence-electron chi connectivity index (χ0n) is 7.58. The van der Waals surface area contributed by atoms with Crippen molar-refractivity contribution < 1.29 is 9.53 Å². The summed E-state index contributed by atoms with van der Waals surface area (Å²) >= 11 is 0. The Morgan fingerprint density at radius 1 is 1.42 bits per heavy atom. The molecule has 1 aliphatic rings. The monoisotopic (exact) mass is 171 g/mol. The van der Waals surface area contributed by atoms with Gasteiger partial charge in [-0.15, -0.1) is 0 Å². The van der Waals surface area contributed by atoms with Crippen LogP contribution in [-0.4, -0.2) is 18.6 Å². The van der Waals surface area contributed by atoms with Crippen molar-refractivity contribution in [3.8, 4) is 0 Å². The Labute approximate surface area is 73.3 Å². The largest absolute Gasteiger partial charge is 0.368 e. The molecule has 0 bridgehead atoms. The lowest BCUT2D eigenvalue weighted by atomic mass is 9.89. The molecule has 0 atom stereocenters. The quantitative estimate of drug-likeness (QED) is 0.690. The maximum atomic E-state index is 10.4. The molecule has 3 nitrogen and oxygen atoms in total. The summed E-state index contributed by atoms with van der Waals surface area (Å²) in [5.74, 6) is 0.451. The van der Waals surface area contributed by atoms with E-state index < -0.39 is 0 Å². The molecule has 0 aromatic heterocycles. The van der Waals surface area contributed by atoms with Gasteiger partial charge in [-0.2, -0.15) is 0 Å². The van der Waals surface area contributed by atoms with Crippen LogP contribution in [0.3, 0.4) is 0 Å². The molecule has 1 aliphatic carbocycles. The lowest BCUT2D eigenvalue weighted by Gasteiger charge is -2.25. The molecular weight excluding hydrogens is 154 g/mol. The lowest BCUT2D eigenvalue weighted by Crippen LogP contribution is -2.26. The van der Waals surface area contributed by atoms with Crippen LogP contribution < -0.4 is 5.73 Å². The van der Waals surface area contributed by atoms with Crippen molar-refractivity contribution in [3.63, 3.8) is 0 Å². The Morgan fingerprint density at radius 3 is 2.50 bits per heavy atom. The van der Waals surface area contributed by atoms with Gasteiger partial charge in [0.15, 0.2) is 0 Å². The molecule has 1 saturated carbocycles. The molecule has 1 amide bonds. The Kier molecular flexibility index (Phi) is 3.53. The van der Waals surface area contributed by atoms with E-state index >= 15 is 0 Å². The molecule has 2 N–H and O–H groups in total.